The van der Waals surface area contributed by atoms with Crippen molar-refractivity contribution in [3.63, 3.8) is 0 Å². The van der Waals surface area contributed by atoms with Crippen molar-refractivity contribution in [1.82, 2.24) is 10.2 Å². The van der Waals surface area contributed by atoms with Crippen LogP contribution in [0.4, 0.5) is 5.69 Å². The quantitative estimate of drug-likeness (QED) is 0.449. The molecule has 0 aliphatic rings. The Morgan fingerprint density at radius 2 is 1.62 bits per heavy atom. The Bertz CT molecular complexity index is 1200. The summed E-state index contributed by atoms with van der Waals surface area (Å²) in [4.78, 5) is 28.4. The predicted molar refractivity (Wildman–Crippen MR) is 151 cm³/mol. The van der Waals surface area contributed by atoms with Crippen LogP contribution in [-0.2, 0) is 26.2 Å². The Morgan fingerprint density at radius 1 is 0.973 bits per heavy atom. The van der Waals surface area contributed by atoms with E-state index < -0.39 is 21.6 Å². The van der Waals surface area contributed by atoms with E-state index >= 15 is 0 Å². The molecule has 2 aromatic carbocycles. The van der Waals surface area contributed by atoms with Crippen LogP contribution in [0.25, 0.3) is 0 Å². The first-order chi connectivity index (χ1) is 17.1. The van der Waals surface area contributed by atoms with Crippen LogP contribution in [0.15, 0.2) is 42.5 Å². The molecule has 0 aliphatic heterocycles. The van der Waals surface area contributed by atoms with Crippen molar-refractivity contribution >= 4 is 27.5 Å². The maximum absolute atomic E-state index is 13.6. The highest BCUT2D eigenvalue weighted by atomic mass is 32.2. The lowest BCUT2D eigenvalue weighted by molar-refractivity contribution is -0.142. The van der Waals surface area contributed by atoms with Crippen LogP contribution < -0.4 is 9.62 Å². The molecule has 1 atom stereocenters. The lowest BCUT2D eigenvalue weighted by Crippen LogP contribution is -2.53. The second kappa shape index (κ2) is 12.6. The standard InChI is InChI=1S/C29H43N3O4S/c1-9-26(28(34)30-29(5,6)7)31(20-24-14-11-10-13-22(24)3)27(33)15-12-18-32(37(8,35)36)25-17-16-21(2)23(4)19-25/h10-11,13-14,16-17,19,26H,9,12,15,18,20H2,1-8H3,(H,30,34)/t26-/m0/s1. The highest BCUT2D eigenvalue weighted by molar-refractivity contribution is 7.92. The summed E-state index contributed by atoms with van der Waals surface area (Å²) in [5, 5.41) is 3.01. The summed E-state index contributed by atoms with van der Waals surface area (Å²) in [5.41, 5.74) is 4.27. The van der Waals surface area contributed by atoms with Gasteiger partial charge in [-0.1, -0.05) is 37.3 Å². The number of hydrogen-bond acceptors (Lipinski definition) is 4. The lowest BCUT2D eigenvalue weighted by Gasteiger charge is -2.33. The first kappa shape index (κ1) is 30.4. The largest absolute Gasteiger partial charge is 0.350 e. The van der Waals surface area contributed by atoms with Crippen LogP contribution >= 0.6 is 0 Å². The summed E-state index contributed by atoms with van der Waals surface area (Å²) >= 11 is 0. The lowest BCUT2D eigenvalue weighted by atomic mass is 10.0. The van der Waals surface area contributed by atoms with Crippen molar-refractivity contribution in [3.8, 4) is 0 Å². The number of benzene rings is 2. The number of anilines is 1. The molecule has 2 aromatic rings. The van der Waals surface area contributed by atoms with E-state index in [0.717, 1.165) is 22.3 Å². The molecule has 0 aromatic heterocycles. The number of nitrogens with one attached hydrogen (secondary N) is 1. The van der Waals surface area contributed by atoms with E-state index in [9.17, 15) is 18.0 Å². The number of nitrogens with zero attached hydrogens (tertiary/aromatic N) is 2. The second-order valence-corrected chi connectivity index (χ2v) is 12.7. The van der Waals surface area contributed by atoms with E-state index in [1.807, 2.05) is 84.9 Å². The molecule has 0 aliphatic carbocycles. The topological polar surface area (TPSA) is 86.8 Å². The molecule has 204 valence electrons. The molecule has 37 heavy (non-hydrogen) atoms. The zero-order valence-electron chi connectivity index (χ0n) is 23.6. The van der Waals surface area contributed by atoms with E-state index in [1.54, 1.807) is 11.0 Å². The number of amides is 2. The monoisotopic (exact) mass is 529 g/mol. The van der Waals surface area contributed by atoms with Crippen LogP contribution in [-0.4, -0.2) is 49.5 Å². The fourth-order valence-corrected chi connectivity index (χ4v) is 5.19. The van der Waals surface area contributed by atoms with Crippen molar-refractivity contribution in [2.45, 2.75) is 85.9 Å². The average molecular weight is 530 g/mol. The molecule has 0 saturated carbocycles. The number of carbonyl (C=O) groups is 2. The van der Waals surface area contributed by atoms with Crippen molar-refractivity contribution in [1.29, 1.82) is 0 Å². The second-order valence-electron chi connectivity index (χ2n) is 10.8. The van der Waals surface area contributed by atoms with Crippen molar-refractivity contribution < 1.29 is 18.0 Å². The molecule has 1 N–H and O–H groups in total. The minimum Gasteiger partial charge on any atom is -0.350 e. The third-order valence-electron chi connectivity index (χ3n) is 6.42. The molecule has 0 radical (unpaired) electrons. The summed E-state index contributed by atoms with van der Waals surface area (Å²) in [6, 6.07) is 12.7. The first-order valence-corrected chi connectivity index (χ1v) is 14.7. The third kappa shape index (κ3) is 8.88. The highest BCUT2D eigenvalue weighted by Crippen LogP contribution is 2.23. The van der Waals surface area contributed by atoms with Gasteiger partial charge in [-0.25, -0.2) is 8.42 Å². The maximum Gasteiger partial charge on any atom is 0.243 e. The highest BCUT2D eigenvalue weighted by Gasteiger charge is 2.31. The predicted octanol–water partition coefficient (Wildman–Crippen LogP) is 4.88. The molecule has 0 saturated heterocycles. The molecule has 0 spiro atoms. The van der Waals surface area contributed by atoms with Crippen LogP contribution in [0.3, 0.4) is 0 Å². The van der Waals surface area contributed by atoms with Crippen LogP contribution in [0.1, 0.15) is 69.2 Å². The fourth-order valence-electron chi connectivity index (χ4n) is 4.23. The number of carbonyl (C=O) groups excluding carboxylic acids is 2. The number of hydrogen-bond donors (Lipinski definition) is 1. The van der Waals surface area contributed by atoms with Gasteiger partial charge in [0.1, 0.15) is 6.04 Å². The Hall–Kier alpha value is -2.87. The van der Waals surface area contributed by atoms with Gasteiger partial charge in [0.15, 0.2) is 0 Å². The molecular formula is C29H43N3O4S. The van der Waals surface area contributed by atoms with Crippen molar-refractivity contribution in [2.75, 3.05) is 17.1 Å². The van der Waals surface area contributed by atoms with Crippen LogP contribution in [0, 0.1) is 20.8 Å². The Labute approximate surface area is 223 Å². The number of sulfonamides is 1. The minimum atomic E-state index is -3.53. The van der Waals surface area contributed by atoms with Gasteiger partial charge in [-0.15, -0.1) is 0 Å². The van der Waals surface area contributed by atoms with Gasteiger partial charge in [0.05, 0.1) is 11.9 Å². The Balaban J connectivity index is 2.27. The molecule has 0 fully saturated rings. The fraction of sp³-hybridized carbons (Fsp3) is 0.517. The van der Waals surface area contributed by atoms with Gasteiger partial charge >= 0.3 is 0 Å². The molecule has 2 rings (SSSR count). The Kier molecular flexibility index (Phi) is 10.3. The van der Waals surface area contributed by atoms with E-state index in [1.165, 1.54) is 10.6 Å². The van der Waals surface area contributed by atoms with Gasteiger partial charge in [0.25, 0.3) is 0 Å². The van der Waals surface area contributed by atoms with E-state index in [2.05, 4.69) is 5.32 Å². The summed E-state index contributed by atoms with van der Waals surface area (Å²) < 4.78 is 26.5. The average Bonchev–Trinajstić information content (AvgIpc) is 2.77. The summed E-state index contributed by atoms with van der Waals surface area (Å²) in [6.45, 7) is 14.0. The van der Waals surface area contributed by atoms with Gasteiger partial charge in [0, 0.05) is 25.0 Å². The normalized spacial score (nSPS) is 12.6. The molecule has 7 nitrogen and oxygen atoms in total. The minimum absolute atomic E-state index is 0.127. The first-order valence-electron chi connectivity index (χ1n) is 12.8. The zero-order valence-corrected chi connectivity index (χ0v) is 24.4. The SMILES string of the molecule is CC[C@@H](C(=O)NC(C)(C)C)N(Cc1ccccc1C)C(=O)CCCN(c1ccc(C)c(C)c1)S(C)(=O)=O. The molecule has 0 unspecified atom stereocenters. The Morgan fingerprint density at radius 3 is 2.16 bits per heavy atom. The molecule has 8 heteroatoms. The number of aryl methyl sites for hydroxylation is 3. The van der Waals surface area contributed by atoms with E-state index in [0.29, 0.717) is 25.1 Å². The molecule has 2 amide bonds. The summed E-state index contributed by atoms with van der Waals surface area (Å²) in [7, 11) is -3.53. The van der Waals surface area contributed by atoms with Gasteiger partial charge in [-0.3, -0.25) is 13.9 Å². The summed E-state index contributed by atoms with van der Waals surface area (Å²) in [5.74, 6) is -0.363. The van der Waals surface area contributed by atoms with Crippen molar-refractivity contribution in [3.05, 3.63) is 64.7 Å². The number of rotatable bonds is 11. The molecule has 0 bridgehead atoms. The molecule has 0 heterocycles. The van der Waals surface area contributed by atoms with Gasteiger partial charge in [-0.2, -0.15) is 0 Å². The van der Waals surface area contributed by atoms with Gasteiger partial charge in [-0.05, 0) is 88.8 Å². The smallest absolute Gasteiger partial charge is 0.243 e. The van der Waals surface area contributed by atoms with E-state index in [-0.39, 0.29) is 24.8 Å². The maximum atomic E-state index is 13.6. The zero-order chi connectivity index (χ0) is 28.0. The van der Waals surface area contributed by atoms with E-state index in [4.69, 9.17) is 0 Å². The molecular weight excluding hydrogens is 486 g/mol. The van der Waals surface area contributed by atoms with Crippen LogP contribution in [0.5, 0.6) is 0 Å². The van der Waals surface area contributed by atoms with Crippen LogP contribution in [0.2, 0.25) is 0 Å². The third-order valence-corrected chi connectivity index (χ3v) is 7.61. The van der Waals surface area contributed by atoms with Gasteiger partial charge in [0.2, 0.25) is 21.8 Å². The summed E-state index contributed by atoms with van der Waals surface area (Å²) in [6.07, 6.45) is 2.11. The van der Waals surface area contributed by atoms with Gasteiger partial charge < -0.3 is 10.2 Å². The van der Waals surface area contributed by atoms with Crippen molar-refractivity contribution in [2.24, 2.45) is 0 Å².